The van der Waals surface area contributed by atoms with Gasteiger partial charge in [-0.15, -0.1) is 0 Å². The molecule has 1 aliphatic rings. The van der Waals surface area contributed by atoms with Crippen LogP contribution in [0.2, 0.25) is 0 Å². The van der Waals surface area contributed by atoms with Crippen LogP contribution >= 0.6 is 0 Å². The number of nitrogens with one attached hydrogen (secondary N) is 2. The van der Waals surface area contributed by atoms with Gasteiger partial charge in [0.05, 0.1) is 6.61 Å². The molecule has 3 aromatic rings. The Labute approximate surface area is 157 Å². The van der Waals surface area contributed by atoms with Gasteiger partial charge in [-0.3, -0.25) is 4.79 Å². The molecule has 0 bridgehead atoms. The van der Waals surface area contributed by atoms with Crippen LogP contribution in [0.25, 0.3) is 10.9 Å². The molecule has 1 unspecified atom stereocenters. The molecule has 1 saturated heterocycles. The Morgan fingerprint density at radius 3 is 3.00 bits per heavy atom. The van der Waals surface area contributed by atoms with E-state index in [4.69, 9.17) is 4.74 Å². The normalized spacial score (nSPS) is 17.1. The lowest BCUT2D eigenvalue weighted by Crippen LogP contribution is -2.48. The Morgan fingerprint density at radius 1 is 1.33 bits per heavy atom. The quantitative estimate of drug-likeness (QED) is 0.726. The van der Waals surface area contributed by atoms with E-state index < -0.39 is 0 Å². The van der Waals surface area contributed by atoms with Gasteiger partial charge in [0.1, 0.15) is 11.4 Å². The van der Waals surface area contributed by atoms with E-state index in [1.807, 2.05) is 31.2 Å². The van der Waals surface area contributed by atoms with Crippen LogP contribution in [0, 0.1) is 0 Å². The molecule has 4 rings (SSSR count). The Hall–Kier alpha value is -3.09. The number of hydrogen-bond donors (Lipinski definition) is 2. The number of benzene rings is 1. The molecule has 7 nitrogen and oxygen atoms in total. The van der Waals surface area contributed by atoms with E-state index in [0.717, 1.165) is 36.0 Å². The van der Waals surface area contributed by atoms with E-state index in [2.05, 4.69) is 25.2 Å². The molecule has 3 heterocycles. The minimum atomic E-state index is -0.0926. The molecule has 0 saturated carbocycles. The average molecular weight is 365 g/mol. The molecule has 0 aliphatic carbocycles. The van der Waals surface area contributed by atoms with Crippen LogP contribution in [-0.4, -0.2) is 46.6 Å². The first-order chi connectivity index (χ1) is 13.2. The summed E-state index contributed by atoms with van der Waals surface area (Å²) in [5, 5.41) is 4.13. The third-order valence-corrected chi connectivity index (χ3v) is 4.74. The molecule has 140 valence electrons. The lowest BCUT2D eigenvalue weighted by atomic mass is 10.1. The summed E-state index contributed by atoms with van der Waals surface area (Å²) in [6.45, 7) is 4.18. The van der Waals surface area contributed by atoms with Gasteiger partial charge in [0, 0.05) is 48.5 Å². The summed E-state index contributed by atoms with van der Waals surface area (Å²) in [5.41, 5.74) is 1.46. The Kier molecular flexibility index (Phi) is 4.91. The number of hydrogen-bond acceptors (Lipinski definition) is 5. The van der Waals surface area contributed by atoms with E-state index in [0.29, 0.717) is 24.8 Å². The minimum Gasteiger partial charge on any atom is -0.494 e. The number of rotatable bonds is 5. The Bertz CT molecular complexity index is 925. The fraction of sp³-hybridized carbons (Fsp3) is 0.350. The van der Waals surface area contributed by atoms with Crippen molar-refractivity contribution in [2.24, 2.45) is 0 Å². The molecule has 27 heavy (non-hydrogen) atoms. The molecule has 1 amide bonds. The SMILES string of the molecule is CCOc1ccc2cc(C(=O)NC3CCCN(c4ncccn4)C3)[nH]c2c1. The summed E-state index contributed by atoms with van der Waals surface area (Å²) >= 11 is 0. The van der Waals surface area contributed by atoms with Crippen LogP contribution in [0.5, 0.6) is 5.75 Å². The Balaban J connectivity index is 1.44. The van der Waals surface area contributed by atoms with Gasteiger partial charge in [0.25, 0.3) is 5.91 Å². The number of anilines is 1. The molecule has 1 aromatic carbocycles. The van der Waals surface area contributed by atoms with Crippen molar-refractivity contribution in [3.63, 3.8) is 0 Å². The van der Waals surface area contributed by atoms with Crippen molar-refractivity contribution >= 4 is 22.8 Å². The molecular formula is C20H23N5O2. The van der Waals surface area contributed by atoms with E-state index in [1.165, 1.54) is 0 Å². The highest BCUT2D eigenvalue weighted by molar-refractivity contribution is 5.98. The topological polar surface area (TPSA) is 83.1 Å². The third-order valence-electron chi connectivity index (χ3n) is 4.74. The molecule has 2 N–H and O–H groups in total. The molecule has 0 radical (unpaired) electrons. The second kappa shape index (κ2) is 7.65. The van der Waals surface area contributed by atoms with Crippen molar-refractivity contribution in [1.29, 1.82) is 0 Å². The minimum absolute atomic E-state index is 0.0699. The molecule has 1 aliphatic heterocycles. The Morgan fingerprint density at radius 2 is 2.19 bits per heavy atom. The number of fused-ring (bicyclic) bond motifs is 1. The lowest BCUT2D eigenvalue weighted by Gasteiger charge is -2.32. The monoisotopic (exact) mass is 365 g/mol. The maximum atomic E-state index is 12.7. The van der Waals surface area contributed by atoms with Gasteiger partial charge < -0.3 is 19.9 Å². The van der Waals surface area contributed by atoms with Crippen LogP contribution in [0.1, 0.15) is 30.3 Å². The first-order valence-electron chi connectivity index (χ1n) is 9.31. The maximum absolute atomic E-state index is 12.7. The number of aromatic amines is 1. The summed E-state index contributed by atoms with van der Waals surface area (Å²) in [6.07, 6.45) is 5.43. The van der Waals surface area contributed by atoms with Gasteiger partial charge in [-0.25, -0.2) is 9.97 Å². The number of aromatic nitrogens is 3. The number of carbonyl (C=O) groups is 1. The van der Waals surface area contributed by atoms with Gasteiger partial charge in [-0.2, -0.15) is 0 Å². The summed E-state index contributed by atoms with van der Waals surface area (Å²) in [6, 6.07) is 9.55. The highest BCUT2D eigenvalue weighted by Crippen LogP contribution is 2.22. The zero-order valence-electron chi connectivity index (χ0n) is 15.3. The van der Waals surface area contributed by atoms with Gasteiger partial charge >= 0.3 is 0 Å². The number of ether oxygens (including phenoxy) is 1. The summed E-state index contributed by atoms with van der Waals surface area (Å²) in [7, 11) is 0. The van der Waals surface area contributed by atoms with E-state index in [1.54, 1.807) is 18.5 Å². The van der Waals surface area contributed by atoms with Gasteiger partial charge in [-0.1, -0.05) is 0 Å². The predicted molar refractivity (Wildman–Crippen MR) is 104 cm³/mol. The molecule has 1 fully saturated rings. The zero-order valence-corrected chi connectivity index (χ0v) is 15.3. The fourth-order valence-electron chi connectivity index (χ4n) is 3.48. The lowest BCUT2D eigenvalue weighted by molar-refractivity contribution is 0.0929. The first-order valence-corrected chi connectivity index (χ1v) is 9.31. The number of nitrogens with zero attached hydrogens (tertiary/aromatic N) is 3. The van der Waals surface area contributed by atoms with Crippen molar-refractivity contribution in [1.82, 2.24) is 20.3 Å². The highest BCUT2D eigenvalue weighted by Gasteiger charge is 2.23. The molecule has 0 spiro atoms. The molecule has 7 heteroatoms. The molecular weight excluding hydrogens is 342 g/mol. The van der Waals surface area contributed by atoms with Crippen molar-refractivity contribution in [2.75, 3.05) is 24.6 Å². The first kappa shape index (κ1) is 17.3. The van der Waals surface area contributed by atoms with E-state index >= 15 is 0 Å². The number of piperidine rings is 1. The summed E-state index contributed by atoms with van der Waals surface area (Å²) < 4.78 is 5.52. The number of H-pyrrole nitrogens is 1. The van der Waals surface area contributed by atoms with E-state index in [9.17, 15) is 4.79 Å². The number of carbonyl (C=O) groups excluding carboxylic acids is 1. The van der Waals surface area contributed by atoms with Crippen molar-refractivity contribution < 1.29 is 9.53 Å². The third kappa shape index (κ3) is 3.86. The second-order valence-corrected chi connectivity index (χ2v) is 6.67. The maximum Gasteiger partial charge on any atom is 0.268 e. The van der Waals surface area contributed by atoms with Gasteiger partial charge in [0.2, 0.25) is 5.95 Å². The van der Waals surface area contributed by atoms with Crippen LogP contribution in [0.15, 0.2) is 42.7 Å². The largest absolute Gasteiger partial charge is 0.494 e. The standard InChI is InChI=1S/C20H23N5O2/c1-2-27-16-7-6-14-11-18(24-17(14)12-16)19(26)23-15-5-3-10-25(13-15)20-21-8-4-9-22-20/h4,6-9,11-12,15,24H,2-3,5,10,13H2,1H3,(H,23,26). The van der Waals surface area contributed by atoms with Crippen LogP contribution < -0.4 is 15.0 Å². The van der Waals surface area contributed by atoms with Crippen molar-refractivity contribution in [3.05, 3.63) is 48.4 Å². The predicted octanol–water partition coefficient (Wildman–Crippen LogP) is 2.76. The van der Waals surface area contributed by atoms with Crippen molar-refractivity contribution in [3.8, 4) is 5.75 Å². The fourth-order valence-corrected chi connectivity index (χ4v) is 3.48. The van der Waals surface area contributed by atoms with Crippen molar-refractivity contribution in [2.45, 2.75) is 25.8 Å². The molecule has 2 aromatic heterocycles. The number of amides is 1. The van der Waals surface area contributed by atoms with Gasteiger partial charge in [0.15, 0.2) is 0 Å². The highest BCUT2D eigenvalue weighted by atomic mass is 16.5. The van der Waals surface area contributed by atoms with Crippen LogP contribution in [0.3, 0.4) is 0 Å². The average Bonchev–Trinajstić information content (AvgIpc) is 3.13. The second-order valence-electron chi connectivity index (χ2n) is 6.67. The zero-order chi connectivity index (χ0) is 18.6. The van der Waals surface area contributed by atoms with Gasteiger partial charge in [-0.05, 0) is 44.0 Å². The molecule has 1 atom stereocenters. The van der Waals surface area contributed by atoms with Crippen LogP contribution in [0.4, 0.5) is 5.95 Å². The summed E-state index contributed by atoms with van der Waals surface area (Å²) in [4.78, 5) is 26.6. The smallest absolute Gasteiger partial charge is 0.268 e. The van der Waals surface area contributed by atoms with E-state index in [-0.39, 0.29) is 11.9 Å². The van der Waals surface area contributed by atoms with Crippen LogP contribution in [-0.2, 0) is 0 Å². The summed E-state index contributed by atoms with van der Waals surface area (Å²) in [5.74, 6) is 1.42.